The molecule has 0 aromatic rings. The monoisotopic (exact) mass is 262 g/mol. The number of piperidine rings is 1. The van der Waals surface area contributed by atoms with Crippen molar-refractivity contribution >= 4 is 5.91 Å². The molecule has 2 bridgehead atoms. The Morgan fingerprint density at radius 1 is 1.21 bits per heavy atom. The topological polar surface area (TPSA) is 46.3 Å². The molecule has 0 radical (unpaired) electrons. The summed E-state index contributed by atoms with van der Waals surface area (Å²) in [5.41, 5.74) is 5.86. The van der Waals surface area contributed by atoms with Crippen molar-refractivity contribution in [3.8, 4) is 0 Å². The van der Waals surface area contributed by atoms with E-state index in [4.69, 9.17) is 5.73 Å². The molecule has 3 aliphatic carbocycles. The molecule has 1 aliphatic heterocycles. The van der Waals surface area contributed by atoms with Crippen LogP contribution in [0.3, 0.4) is 0 Å². The minimum atomic E-state index is 0.415. The molecule has 1 amide bonds. The lowest BCUT2D eigenvalue weighted by Crippen LogP contribution is -2.46. The third-order valence-electron chi connectivity index (χ3n) is 6.75. The van der Waals surface area contributed by atoms with Crippen molar-refractivity contribution in [2.75, 3.05) is 19.6 Å². The molecule has 0 spiro atoms. The average molecular weight is 262 g/mol. The van der Waals surface area contributed by atoms with Gasteiger partial charge in [-0.1, -0.05) is 6.92 Å². The number of fused-ring (bicyclic) bond motifs is 5. The molecule has 4 aliphatic rings. The molecule has 1 saturated heterocycles. The molecule has 4 rings (SSSR count). The highest BCUT2D eigenvalue weighted by atomic mass is 16.2. The second-order valence-electron chi connectivity index (χ2n) is 7.56. The summed E-state index contributed by atoms with van der Waals surface area (Å²) in [6.07, 6.45) is 5.38. The Kier molecular flexibility index (Phi) is 2.70. The molecule has 0 aromatic carbocycles. The molecule has 3 saturated carbocycles. The summed E-state index contributed by atoms with van der Waals surface area (Å²) >= 11 is 0. The largest absolute Gasteiger partial charge is 0.342 e. The van der Waals surface area contributed by atoms with Gasteiger partial charge in [-0.25, -0.2) is 0 Å². The van der Waals surface area contributed by atoms with E-state index in [0.717, 1.165) is 49.7 Å². The lowest BCUT2D eigenvalue weighted by molar-refractivity contribution is -0.136. The number of amides is 1. The van der Waals surface area contributed by atoms with Crippen molar-refractivity contribution in [3.63, 3.8) is 0 Å². The Labute approximate surface area is 115 Å². The number of hydrogen-bond acceptors (Lipinski definition) is 2. The number of carbonyl (C=O) groups excluding carboxylic acids is 1. The van der Waals surface area contributed by atoms with E-state index >= 15 is 0 Å². The number of rotatable bonds is 2. The second-order valence-corrected chi connectivity index (χ2v) is 7.56. The SMILES string of the molecule is CC1CCN(C(=O)C2C3C4CCC(C4)C23)CC1CN. The van der Waals surface area contributed by atoms with E-state index in [1.807, 2.05) is 0 Å². The zero-order chi connectivity index (χ0) is 13.1. The first-order valence-corrected chi connectivity index (χ1v) is 8.19. The average Bonchev–Trinajstić information content (AvgIpc) is 2.86. The first-order chi connectivity index (χ1) is 9.20. The third-order valence-corrected chi connectivity index (χ3v) is 6.75. The number of carbonyl (C=O) groups is 1. The molecule has 2 N–H and O–H groups in total. The Bertz CT molecular complexity index is 380. The Hall–Kier alpha value is -0.570. The molecule has 106 valence electrons. The molecule has 19 heavy (non-hydrogen) atoms. The molecule has 1 heterocycles. The standard InChI is InChI=1S/C16H26N2O/c1-9-4-5-18(8-12(9)7-17)16(19)15-13-10-2-3-11(6-10)14(13)15/h9-15H,2-8,17H2,1H3. The first-order valence-electron chi connectivity index (χ1n) is 8.19. The molecular weight excluding hydrogens is 236 g/mol. The van der Waals surface area contributed by atoms with Gasteiger partial charge < -0.3 is 10.6 Å². The highest BCUT2D eigenvalue weighted by Gasteiger charge is 2.68. The van der Waals surface area contributed by atoms with E-state index in [1.54, 1.807) is 0 Å². The van der Waals surface area contributed by atoms with Crippen molar-refractivity contribution in [2.24, 2.45) is 47.2 Å². The fraction of sp³-hybridized carbons (Fsp3) is 0.938. The quantitative estimate of drug-likeness (QED) is 0.823. The van der Waals surface area contributed by atoms with Gasteiger partial charge in [0.1, 0.15) is 0 Å². The summed E-state index contributed by atoms with van der Waals surface area (Å²) in [6, 6.07) is 0. The normalized spacial score (nSPS) is 51.3. The van der Waals surface area contributed by atoms with Gasteiger partial charge in [-0.3, -0.25) is 4.79 Å². The summed E-state index contributed by atoms with van der Waals surface area (Å²) in [4.78, 5) is 14.9. The van der Waals surface area contributed by atoms with Gasteiger partial charge in [0.05, 0.1) is 0 Å². The van der Waals surface area contributed by atoms with Crippen LogP contribution in [0.15, 0.2) is 0 Å². The van der Waals surface area contributed by atoms with Gasteiger partial charge in [-0.15, -0.1) is 0 Å². The van der Waals surface area contributed by atoms with Gasteiger partial charge in [0.2, 0.25) is 5.91 Å². The number of likely N-dealkylation sites (tertiary alicyclic amines) is 1. The van der Waals surface area contributed by atoms with E-state index in [0.29, 0.717) is 23.7 Å². The minimum Gasteiger partial charge on any atom is -0.342 e. The van der Waals surface area contributed by atoms with Gasteiger partial charge in [0.25, 0.3) is 0 Å². The number of nitrogens with zero attached hydrogens (tertiary/aromatic N) is 1. The van der Waals surface area contributed by atoms with Crippen LogP contribution in [0.1, 0.15) is 32.6 Å². The predicted octanol–water partition coefficient (Wildman–Crippen LogP) is 1.72. The van der Waals surface area contributed by atoms with Gasteiger partial charge in [-0.2, -0.15) is 0 Å². The highest BCUT2D eigenvalue weighted by Crippen LogP contribution is 2.69. The van der Waals surface area contributed by atoms with Crippen LogP contribution in [-0.4, -0.2) is 30.4 Å². The molecule has 3 nitrogen and oxygen atoms in total. The van der Waals surface area contributed by atoms with E-state index < -0.39 is 0 Å². The summed E-state index contributed by atoms with van der Waals surface area (Å²) in [7, 11) is 0. The van der Waals surface area contributed by atoms with Gasteiger partial charge in [0, 0.05) is 19.0 Å². The van der Waals surface area contributed by atoms with Gasteiger partial charge >= 0.3 is 0 Å². The fourth-order valence-electron chi connectivity index (χ4n) is 5.52. The second kappa shape index (κ2) is 4.21. The maximum Gasteiger partial charge on any atom is 0.226 e. The summed E-state index contributed by atoms with van der Waals surface area (Å²) < 4.78 is 0. The summed E-state index contributed by atoms with van der Waals surface area (Å²) in [6.45, 7) is 4.91. The Morgan fingerprint density at radius 2 is 1.89 bits per heavy atom. The van der Waals surface area contributed by atoms with Crippen LogP contribution in [0.5, 0.6) is 0 Å². The first kappa shape index (κ1) is 12.2. The van der Waals surface area contributed by atoms with E-state index in [1.165, 1.54) is 19.3 Å². The molecular formula is C16H26N2O. The van der Waals surface area contributed by atoms with Crippen molar-refractivity contribution in [1.29, 1.82) is 0 Å². The van der Waals surface area contributed by atoms with Crippen LogP contribution in [0.4, 0.5) is 0 Å². The van der Waals surface area contributed by atoms with Crippen LogP contribution in [0.25, 0.3) is 0 Å². The van der Waals surface area contributed by atoms with Crippen molar-refractivity contribution in [2.45, 2.75) is 32.6 Å². The Morgan fingerprint density at radius 3 is 2.53 bits per heavy atom. The van der Waals surface area contributed by atoms with Crippen molar-refractivity contribution in [1.82, 2.24) is 4.90 Å². The van der Waals surface area contributed by atoms with Gasteiger partial charge in [0.15, 0.2) is 0 Å². The van der Waals surface area contributed by atoms with Crippen LogP contribution in [-0.2, 0) is 4.79 Å². The van der Waals surface area contributed by atoms with E-state index in [-0.39, 0.29) is 0 Å². The zero-order valence-corrected chi connectivity index (χ0v) is 11.9. The van der Waals surface area contributed by atoms with Gasteiger partial charge in [-0.05, 0) is 67.7 Å². The van der Waals surface area contributed by atoms with Crippen LogP contribution < -0.4 is 5.73 Å². The third kappa shape index (κ3) is 1.70. The number of nitrogens with two attached hydrogens (primary N) is 1. The van der Waals surface area contributed by atoms with Crippen molar-refractivity contribution < 1.29 is 4.79 Å². The molecule has 3 heteroatoms. The lowest BCUT2D eigenvalue weighted by Gasteiger charge is -2.37. The zero-order valence-electron chi connectivity index (χ0n) is 11.9. The minimum absolute atomic E-state index is 0.415. The molecule has 4 fully saturated rings. The highest BCUT2D eigenvalue weighted by molar-refractivity contribution is 5.83. The van der Waals surface area contributed by atoms with E-state index in [2.05, 4.69) is 11.8 Å². The molecule has 6 unspecified atom stereocenters. The summed E-state index contributed by atoms with van der Waals surface area (Å²) in [5.74, 6) is 5.46. The van der Waals surface area contributed by atoms with Crippen molar-refractivity contribution in [3.05, 3.63) is 0 Å². The van der Waals surface area contributed by atoms with Crippen LogP contribution in [0, 0.1) is 41.4 Å². The number of hydrogen-bond donors (Lipinski definition) is 1. The Balaban J connectivity index is 1.42. The van der Waals surface area contributed by atoms with Crippen LogP contribution >= 0.6 is 0 Å². The van der Waals surface area contributed by atoms with Crippen LogP contribution in [0.2, 0.25) is 0 Å². The fourth-order valence-corrected chi connectivity index (χ4v) is 5.52. The molecule has 0 aromatic heterocycles. The summed E-state index contributed by atoms with van der Waals surface area (Å²) in [5, 5.41) is 0. The molecule has 6 atom stereocenters. The maximum atomic E-state index is 12.7. The predicted molar refractivity (Wildman–Crippen MR) is 74.2 cm³/mol. The lowest BCUT2D eigenvalue weighted by atomic mass is 9.86. The maximum absolute atomic E-state index is 12.7. The van der Waals surface area contributed by atoms with E-state index in [9.17, 15) is 4.79 Å². The smallest absolute Gasteiger partial charge is 0.226 e.